The van der Waals surface area contributed by atoms with E-state index in [2.05, 4.69) is 9.47 Å². The minimum atomic E-state index is -5.27. The number of halogens is 5. The van der Waals surface area contributed by atoms with Crippen LogP contribution < -0.4 is 10.2 Å². The fraction of sp³-hybridized carbons (Fsp3) is 0.400. The normalized spacial score (nSPS) is 11.6. The van der Waals surface area contributed by atoms with Crippen LogP contribution in [-0.2, 0) is 4.74 Å². The lowest BCUT2D eigenvalue weighted by atomic mass is 10.2. The van der Waals surface area contributed by atoms with Crippen LogP contribution in [0.4, 0.5) is 22.0 Å². The monoisotopic (exact) mass is 301 g/mol. The molecule has 20 heavy (non-hydrogen) atoms. The molecule has 0 saturated heterocycles. The molecule has 0 fully saturated rings. The Bertz CT molecular complexity index is 552. The van der Waals surface area contributed by atoms with Crippen LogP contribution in [-0.4, -0.2) is 23.9 Å². The van der Waals surface area contributed by atoms with Crippen LogP contribution in [0, 0.1) is 0 Å². The van der Waals surface area contributed by atoms with Gasteiger partial charge in [-0.15, -0.1) is 13.2 Å². The smallest absolute Gasteiger partial charge is 0.462 e. The Labute approximate surface area is 108 Å². The number of ether oxygens (including phenoxy) is 2. The summed E-state index contributed by atoms with van der Waals surface area (Å²) in [5, 5.41) is 0. The summed E-state index contributed by atoms with van der Waals surface area (Å²) in [6, 6.07) is 0. The maximum absolute atomic E-state index is 12.7. The van der Waals surface area contributed by atoms with E-state index in [4.69, 9.17) is 0 Å². The van der Waals surface area contributed by atoms with Gasteiger partial charge in [-0.05, 0) is 6.92 Å². The van der Waals surface area contributed by atoms with Gasteiger partial charge >= 0.3 is 12.3 Å². The lowest BCUT2D eigenvalue weighted by Crippen LogP contribution is -2.26. The minimum Gasteiger partial charge on any atom is -0.462 e. The number of nitrogens with one attached hydrogen (secondary N) is 1. The Morgan fingerprint density at radius 1 is 1.40 bits per heavy atom. The largest absolute Gasteiger partial charge is 0.574 e. The van der Waals surface area contributed by atoms with Gasteiger partial charge in [0, 0.05) is 6.20 Å². The number of H-pyrrole nitrogens is 1. The highest BCUT2D eigenvalue weighted by molar-refractivity contribution is 5.89. The third kappa shape index (κ3) is 3.68. The van der Waals surface area contributed by atoms with Crippen molar-refractivity contribution in [3.8, 4) is 5.88 Å². The minimum absolute atomic E-state index is 0.136. The molecule has 1 rings (SSSR count). The molecule has 1 heterocycles. The van der Waals surface area contributed by atoms with E-state index in [1.807, 2.05) is 0 Å². The molecular formula is C10H8F5NO4. The Balaban J connectivity index is 3.35. The van der Waals surface area contributed by atoms with Crippen LogP contribution in [0.25, 0.3) is 0 Å². The van der Waals surface area contributed by atoms with Crippen molar-refractivity contribution in [1.29, 1.82) is 0 Å². The number of esters is 1. The fourth-order valence-corrected chi connectivity index (χ4v) is 1.29. The van der Waals surface area contributed by atoms with Gasteiger partial charge in [-0.2, -0.15) is 0 Å². The highest BCUT2D eigenvalue weighted by atomic mass is 19.4. The van der Waals surface area contributed by atoms with E-state index in [-0.39, 0.29) is 6.61 Å². The maximum Gasteiger partial charge on any atom is 0.574 e. The molecule has 10 heteroatoms. The molecule has 5 nitrogen and oxygen atoms in total. The van der Waals surface area contributed by atoms with Crippen LogP contribution in [0.1, 0.15) is 29.3 Å². The molecule has 112 valence electrons. The zero-order valence-electron chi connectivity index (χ0n) is 9.88. The van der Waals surface area contributed by atoms with Gasteiger partial charge in [0.2, 0.25) is 11.3 Å². The van der Waals surface area contributed by atoms with E-state index in [1.165, 1.54) is 6.92 Å². The Morgan fingerprint density at radius 3 is 2.45 bits per heavy atom. The van der Waals surface area contributed by atoms with E-state index < -0.39 is 41.2 Å². The molecule has 0 saturated carbocycles. The molecule has 0 radical (unpaired) electrons. The fourth-order valence-electron chi connectivity index (χ4n) is 1.29. The highest BCUT2D eigenvalue weighted by Gasteiger charge is 2.35. The van der Waals surface area contributed by atoms with Crippen LogP contribution in [0.2, 0.25) is 0 Å². The number of carbonyl (C=O) groups is 1. The third-order valence-corrected chi connectivity index (χ3v) is 2.01. The Hall–Kier alpha value is -2.13. The van der Waals surface area contributed by atoms with Crippen molar-refractivity contribution in [1.82, 2.24) is 4.98 Å². The van der Waals surface area contributed by atoms with Gasteiger partial charge in [-0.1, -0.05) is 0 Å². The predicted octanol–water partition coefficient (Wildman–Crippen LogP) is 2.39. The van der Waals surface area contributed by atoms with Crippen molar-refractivity contribution in [2.45, 2.75) is 19.7 Å². The molecule has 0 aliphatic carbocycles. The van der Waals surface area contributed by atoms with Gasteiger partial charge in [0.1, 0.15) is 11.1 Å². The molecule has 1 aromatic heterocycles. The number of aromatic nitrogens is 1. The van der Waals surface area contributed by atoms with E-state index in [1.54, 1.807) is 4.98 Å². The molecule has 1 aromatic rings. The Morgan fingerprint density at radius 2 is 2.00 bits per heavy atom. The second-order valence-corrected chi connectivity index (χ2v) is 3.34. The average Bonchev–Trinajstić information content (AvgIpc) is 2.26. The molecule has 0 atom stereocenters. The zero-order valence-corrected chi connectivity index (χ0v) is 9.88. The van der Waals surface area contributed by atoms with Crippen LogP contribution in [0.3, 0.4) is 0 Å². The second-order valence-electron chi connectivity index (χ2n) is 3.34. The first-order chi connectivity index (χ1) is 9.17. The van der Waals surface area contributed by atoms with Crippen molar-refractivity contribution >= 4 is 5.97 Å². The molecule has 0 aromatic carbocycles. The van der Waals surface area contributed by atoms with Crippen LogP contribution >= 0.6 is 0 Å². The van der Waals surface area contributed by atoms with Crippen molar-refractivity contribution in [2.24, 2.45) is 0 Å². The van der Waals surface area contributed by atoms with Gasteiger partial charge < -0.3 is 14.5 Å². The van der Waals surface area contributed by atoms with Crippen molar-refractivity contribution in [3.63, 3.8) is 0 Å². The molecular weight excluding hydrogens is 293 g/mol. The number of pyridine rings is 1. The van der Waals surface area contributed by atoms with Gasteiger partial charge in [-0.25, -0.2) is 13.6 Å². The van der Waals surface area contributed by atoms with Gasteiger partial charge in [-0.3, -0.25) is 4.79 Å². The number of hydrogen-bond acceptors (Lipinski definition) is 4. The van der Waals surface area contributed by atoms with Crippen LogP contribution in [0.15, 0.2) is 11.0 Å². The molecule has 0 aliphatic heterocycles. The summed E-state index contributed by atoms with van der Waals surface area (Å²) in [5.74, 6) is -2.69. The summed E-state index contributed by atoms with van der Waals surface area (Å²) >= 11 is 0. The number of hydrogen-bond donors (Lipinski definition) is 1. The highest BCUT2D eigenvalue weighted by Crippen LogP contribution is 2.28. The van der Waals surface area contributed by atoms with E-state index in [0.717, 1.165) is 0 Å². The summed E-state index contributed by atoms with van der Waals surface area (Å²) in [4.78, 5) is 24.6. The molecule has 0 amide bonds. The lowest BCUT2D eigenvalue weighted by Gasteiger charge is -2.12. The standard InChI is InChI=1S/C10H8F5NO4/c1-2-19-9(18)4-3-16-8(20-10(13,14)15)5(6(4)17)7(11)12/h3,7H,2H2,1H3,(H,16,17). The number of aromatic amines is 1. The number of carbonyl (C=O) groups excluding carboxylic acids is 1. The molecule has 0 spiro atoms. The summed E-state index contributed by atoms with van der Waals surface area (Å²) in [6.45, 7) is 1.27. The van der Waals surface area contributed by atoms with E-state index in [9.17, 15) is 31.5 Å². The molecule has 0 bridgehead atoms. The molecule has 0 aliphatic rings. The van der Waals surface area contributed by atoms with Crippen molar-refractivity contribution < 1.29 is 36.2 Å². The SMILES string of the molecule is CCOC(=O)c1c[nH]c(OC(F)(F)F)c(C(F)F)c1=O. The van der Waals surface area contributed by atoms with Gasteiger partial charge in [0.25, 0.3) is 6.43 Å². The lowest BCUT2D eigenvalue weighted by molar-refractivity contribution is -0.276. The second kappa shape index (κ2) is 5.88. The quantitative estimate of drug-likeness (QED) is 0.685. The molecule has 0 unspecified atom stereocenters. The topological polar surface area (TPSA) is 68.4 Å². The molecule has 1 N–H and O–H groups in total. The summed E-state index contributed by atoms with van der Waals surface area (Å²) in [7, 11) is 0. The summed E-state index contributed by atoms with van der Waals surface area (Å²) in [5.41, 5.74) is -4.01. The average molecular weight is 301 g/mol. The van der Waals surface area contributed by atoms with E-state index >= 15 is 0 Å². The first kappa shape index (κ1) is 15.9. The summed E-state index contributed by atoms with van der Waals surface area (Å²) in [6.07, 6.45) is -8.31. The first-order valence-corrected chi connectivity index (χ1v) is 5.14. The summed E-state index contributed by atoms with van der Waals surface area (Å²) < 4.78 is 69.1. The third-order valence-electron chi connectivity index (χ3n) is 2.01. The maximum atomic E-state index is 12.7. The van der Waals surface area contributed by atoms with Crippen LogP contribution in [0.5, 0.6) is 5.88 Å². The zero-order chi connectivity index (χ0) is 15.5. The van der Waals surface area contributed by atoms with Crippen molar-refractivity contribution in [2.75, 3.05) is 6.61 Å². The van der Waals surface area contributed by atoms with Gasteiger partial charge in [0.15, 0.2) is 0 Å². The predicted molar refractivity (Wildman–Crippen MR) is 54.7 cm³/mol. The first-order valence-electron chi connectivity index (χ1n) is 5.14. The number of alkyl halides is 5. The Kier molecular flexibility index (Phi) is 4.69. The van der Waals surface area contributed by atoms with Crippen molar-refractivity contribution in [3.05, 3.63) is 27.5 Å². The van der Waals surface area contributed by atoms with Gasteiger partial charge in [0.05, 0.1) is 6.61 Å². The number of rotatable bonds is 4. The van der Waals surface area contributed by atoms with E-state index in [0.29, 0.717) is 6.20 Å².